The topological polar surface area (TPSA) is 76.5 Å². The summed E-state index contributed by atoms with van der Waals surface area (Å²) < 4.78 is 16.1. The third-order valence-electron chi connectivity index (χ3n) is 3.36. The molecule has 1 aromatic rings. The molecule has 2 N–H and O–H groups in total. The number of ether oxygens (including phenoxy) is 3. The summed E-state index contributed by atoms with van der Waals surface area (Å²) in [5.41, 5.74) is 5.59. The van der Waals surface area contributed by atoms with Gasteiger partial charge in [0.15, 0.2) is 17.7 Å². The van der Waals surface area contributed by atoms with Gasteiger partial charge in [0.25, 0.3) is 0 Å². The highest BCUT2D eigenvalue weighted by Crippen LogP contribution is 2.40. The lowest BCUT2D eigenvalue weighted by Crippen LogP contribution is -2.35. The van der Waals surface area contributed by atoms with E-state index in [1.54, 1.807) is 21.3 Å². The minimum absolute atomic E-state index is 0.0595. The lowest BCUT2D eigenvalue weighted by atomic mass is 10.0. The number of allylic oxidation sites excluding steroid dienone is 2. The molecule has 0 aliphatic carbocycles. The first kappa shape index (κ1) is 13.3. The van der Waals surface area contributed by atoms with Crippen LogP contribution in [-0.2, 0) is 0 Å². The second kappa shape index (κ2) is 5.35. The van der Waals surface area contributed by atoms with E-state index in [0.717, 1.165) is 16.8 Å². The molecule has 0 bridgehead atoms. The van der Waals surface area contributed by atoms with Gasteiger partial charge in [-0.15, -0.1) is 5.11 Å². The van der Waals surface area contributed by atoms with Crippen molar-refractivity contribution in [2.24, 2.45) is 10.3 Å². The van der Waals surface area contributed by atoms with E-state index in [1.165, 1.54) is 0 Å². The van der Waals surface area contributed by atoms with Crippen molar-refractivity contribution < 1.29 is 14.2 Å². The zero-order chi connectivity index (χ0) is 14.8. The number of hydrogen-bond acceptors (Lipinski definition) is 7. The molecule has 0 amide bonds. The van der Waals surface area contributed by atoms with E-state index in [2.05, 4.69) is 21.1 Å². The Morgan fingerprint density at radius 1 is 1.05 bits per heavy atom. The van der Waals surface area contributed by atoms with Crippen LogP contribution >= 0.6 is 0 Å². The van der Waals surface area contributed by atoms with Crippen LogP contribution in [0.2, 0.25) is 0 Å². The van der Waals surface area contributed by atoms with Crippen LogP contribution in [0.3, 0.4) is 0 Å². The first-order chi connectivity index (χ1) is 10.3. The van der Waals surface area contributed by atoms with E-state index >= 15 is 0 Å². The number of rotatable bonds is 4. The fourth-order valence-electron chi connectivity index (χ4n) is 2.29. The van der Waals surface area contributed by atoms with Gasteiger partial charge in [-0.1, -0.05) is 5.22 Å². The van der Waals surface area contributed by atoms with Crippen molar-refractivity contribution in [1.82, 2.24) is 10.7 Å². The third kappa shape index (κ3) is 2.26. The Hall–Kier alpha value is -2.70. The van der Waals surface area contributed by atoms with Gasteiger partial charge in [0, 0.05) is 6.20 Å². The second-order valence-electron chi connectivity index (χ2n) is 4.51. The minimum atomic E-state index is -0.0595. The molecule has 7 nitrogen and oxygen atoms in total. The summed E-state index contributed by atoms with van der Waals surface area (Å²) in [6.45, 7) is 0. The predicted octanol–water partition coefficient (Wildman–Crippen LogP) is 1.84. The summed E-state index contributed by atoms with van der Waals surface area (Å²) in [6, 6.07) is 3.79. The van der Waals surface area contributed by atoms with Crippen molar-refractivity contribution in [2.45, 2.75) is 6.17 Å². The Labute approximate surface area is 122 Å². The third-order valence-corrected chi connectivity index (χ3v) is 3.36. The zero-order valence-electron chi connectivity index (χ0n) is 12.0. The molecule has 0 spiro atoms. The molecule has 2 aliphatic heterocycles. The van der Waals surface area contributed by atoms with Gasteiger partial charge in [-0.25, -0.2) is 0 Å². The molecule has 0 fully saturated rings. The van der Waals surface area contributed by atoms with Gasteiger partial charge < -0.3 is 19.5 Å². The van der Waals surface area contributed by atoms with Crippen molar-refractivity contribution in [3.63, 3.8) is 0 Å². The SMILES string of the molecule is COc1cc(C2=CNC3NN=NC3=C2)cc(OC)c1OC. The number of methoxy groups -OCH3 is 3. The summed E-state index contributed by atoms with van der Waals surface area (Å²) in [6.07, 6.45) is 3.81. The largest absolute Gasteiger partial charge is 0.493 e. The van der Waals surface area contributed by atoms with Crippen LogP contribution in [-0.4, -0.2) is 27.5 Å². The van der Waals surface area contributed by atoms with Crippen LogP contribution in [0.25, 0.3) is 5.57 Å². The first-order valence-electron chi connectivity index (χ1n) is 6.41. The number of benzene rings is 1. The zero-order valence-corrected chi connectivity index (χ0v) is 12.0. The second-order valence-corrected chi connectivity index (χ2v) is 4.51. The predicted molar refractivity (Wildman–Crippen MR) is 77.1 cm³/mol. The Bertz CT molecular complexity index is 627. The van der Waals surface area contributed by atoms with Crippen molar-refractivity contribution in [3.8, 4) is 17.2 Å². The molecule has 7 heteroatoms. The molecule has 1 unspecified atom stereocenters. The molecular weight excluding hydrogens is 272 g/mol. The van der Waals surface area contributed by atoms with Crippen LogP contribution in [0.4, 0.5) is 0 Å². The fraction of sp³-hybridized carbons (Fsp3) is 0.286. The monoisotopic (exact) mass is 288 g/mol. The molecule has 2 aliphatic rings. The number of hydrogen-bond donors (Lipinski definition) is 2. The molecule has 0 saturated heterocycles. The van der Waals surface area contributed by atoms with Crippen molar-refractivity contribution in [3.05, 3.63) is 35.7 Å². The van der Waals surface area contributed by atoms with Gasteiger partial charge in [-0.2, -0.15) is 0 Å². The molecular formula is C14H16N4O3. The smallest absolute Gasteiger partial charge is 0.203 e. The summed E-state index contributed by atoms with van der Waals surface area (Å²) in [5, 5.41) is 11.0. The molecule has 2 heterocycles. The number of nitrogens with one attached hydrogen (secondary N) is 2. The van der Waals surface area contributed by atoms with E-state index in [4.69, 9.17) is 14.2 Å². The first-order valence-corrected chi connectivity index (χ1v) is 6.41. The highest BCUT2D eigenvalue weighted by atomic mass is 16.5. The molecule has 0 saturated carbocycles. The van der Waals surface area contributed by atoms with Crippen molar-refractivity contribution >= 4 is 5.57 Å². The number of fused-ring (bicyclic) bond motifs is 1. The Morgan fingerprint density at radius 2 is 1.76 bits per heavy atom. The molecule has 1 atom stereocenters. The van der Waals surface area contributed by atoms with Crippen LogP contribution in [0.15, 0.2) is 40.4 Å². The average molecular weight is 288 g/mol. The van der Waals surface area contributed by atoms with Gasteiger partial charge in [-0.3, -0.25) is 5.43 Å². The Balaban J connectivity index is 2.03. The highest BCUT2D eigenvalue weighted by Gasteiger charge is 2.22. The van der Waals surface area contributed by atoms with Gasteiger partial charge in [0.1, 0.15) is 5.70 Å². The number of dihydropyridines is 1. The molecule has 0 radical (unpaired) electrons. The van der Waals surface area contributed by atoms with Gasteiger partial charge in [0.05, 0.1) is 21.3 Å². The maximum absolute atomic E-state index is 5.37. The number of nitrogens with zero attached hydrogens (tertiary/aromatic N) is 2. The average Bonchev–Trinajstić information content (AvgIpc) is 3.00. The molecule has 1 aromatic carbocycles. The van der Waals surface area contributed by atoms with E-state index in [-0.39, 0.29) is 6.17 Å². The van der Waals surface area contributed by atoms with E-state index in [0.29, 0.717) is 17.2 Å². The van der Waals surface area contributed by atoms with Crippen LogP contribution < -0.4 is 25.0 Å². The normalized spacial score (nSPS) is 18.9. The summed E-state index contributed by atoms with van der Waals surface area (Å²) in [4.78, 5) is 0. The van der Waals surface area contributed by atoms with Gasteiger partial charge >= 0.3 is 0 Å². The molecule has 3 rings (SSSR count). The lowest BCUT2D eigenvalue weighted by molar-refractivity contribution is 0.324. The summed E-state index contributed by atoms with van der Waals surface area (Å²) >= 11 is 0. The Morgan fingerprint density at radius 3 is 2.38 bits per heavy atom. The van der Waals surface area contributed by atoms with E-state index in [9.17, 15) is 0 Å². The van der Waals surface area contributed by atoms with Crippen LogP contribution in [0, 0.1) is 0 Å². The van der Waals surface area contributed by atoms with E-state index in [1.807, 2.05) is 24.4 Å². The molecule has 0 aromatic heterocycles. The minimum Gasteiger partial charge on any atom is -0.493 e. The van der Waals surface area contributed by atoms with Crippen molar-refractivity contribution in [2.75, 3.05) is 21.3 Å². The summed E-state index contributed by atoms with van der Waals surface area (Å²) in [5.74, 6) is 1.79. The van der Waals surface area contributed by atoms with Gasteiger partial charge in [0.2, 0.25) is 5.75 Å². The van der Waals surface area contributed by atoms with Gasteiger partial charge in [-0.05, 0) is 29.3 Å². The lowest BCUT2D eigenvalue weighted by Gasteiger charge is -2.19. The maximum Gasteiger partial charge on any atom is 0.203 e. The summed E-state index contributed by atoms with van der Waals surface area (Å²) in [7, 11) is 4.77. The molecule has 21 heavy (non-hydrogen) atoms. The maximum atomic E-state index is 5.37. The van der Waals surface area contributed by atoms with Crippen molar-refractivity contribution in [1.29, 1.82) is 0 Å². The van der Waals surface area contributed by atoms with E-state index < -0.39 is 0 Å². The quantitative estimate of drug-likeness (QED) is 0.884. The standard InChI is InChI=1S/C14H16N4O3/c1-19-11-5-8(6-12(20-2)13(11)21-3)9-4-10-14(15-7-9)17-18-16-10/h4-7,14-15H,1-3H3,(H,16,17). The van der Waals surface area contributed by atoms with Crippen LogP contribution in [0.5, 0.6) is 17.2 Å². The highest BCUT2D eigenvalue weighted by molar-refractivity contribution is 5.78. The fourth-order valence-corrected chi connectivity index (χ4v) is 2.29. The molecule has 110 valence electrons. The Kier molecular flexibility index (Phi) is 3.39. The van der Waals surface area contributed by atoms with Crippen LogP contribution in [0.1, 0.15) is 5.56 Å².